The van der Waals surface area contributed by atoms with Crippen LogP contribution in [0.25, 0.3) is 0 Å². The molecule has 1 aromatic rings. The molecule has 1 N–H and O–H groups in total. The number of nitrogens with one attached hydrogen (secondary N) is 1. The van der Waals surface area contributed by atoms with Gasteiger partial charge in [0.1, 0.15) is 10.4 Å². The number of nitrogens with zero attached hydrogens (tertiary/aromatic N) is 2. The molecule has 0 aliphatic carbocycles. The van der Waals surface area contributed by atoms with Crippen LogP contribution in [-0.4, -0.2) is 11.9 Å². The molecule has 0 heterocycles. The van der Waals surface area contributed by atoms with Crippen molar-refractivity contribution in [3.8, 4) is 0 Å². The summed E-state index contributed by atoms with van der Waals surface area (Å²) in [6.45, 7) is 0.603. The number of rotatable bonds is 4. The molecule has 0 radical (unpaired) electrons. The number of benzene rings is 1. The van der Waals surface area contributed by atoms with Gasteiger partial charge in [0.15, 0.2) is 4.61 Å². The zero-order chi connectivity index (χ0) is 12.1. The second-order valence-electron chi connectivity index (χ2n) is 3.18. The van der Waals surface area contributed by atoms with Crippen molar-refractivity contribution in [1.82, 2.24) is 4.90 Å². The Balaban J connectivity index is 2.75. The monoisotopic (exact) mass is 349 g/mol. The van der Waals surface area contributed by atoms with Gasteiger partial charge in [-0.2, -0.15) is 0 Å². The van der Waals surface area contributed by atoms with Crippen LogP contribution in [0.2, 0.25) is 0 Å². The molecule has 0 atom stereocenters. The summed E-state index contributed by atoms with van der Waals surface area (Å²) in [7, 11) is 1.85. The van der Waals surface area contributed by atoms with Crippen LogP contribution in [0.15, 0.2) is 38.6 Å². The molecular weight excluding hydrogens is 341 g/mol. The zero-order valence-corrected chi connectivity index (χ0v) is 11.7. The highest BCUT2D eigenvalue weighted by atomic mass is 79.9. The van der Waals surface area contributed by atoms with Gasteiger partial charge in [0.25, 0.3) is 0 Å². The summed E-state index contributed by atoms with van der Waals surface area (Å²) in [5.41, 5.74) is 7.83. The molecule has 0 saturated carbocycles. The predicted octanol–water partition coefficient (Wildman–Crippen LogP) is 4.20. The molecule has 86 valence electrons. The van der Waals surface area contributed by atoms with Gasteiger partial charge in [0.05, 0.1) is 0 Å². The first-order chi connectivity index (χ1) is 7.54. The van der Waals surface area contributed by atoms with E-state index < -0.39 is 0 Å². The van der Waals surface area contributed by atoms with E-state index in [1.807, 2.05) is 11.9 Å². The van der Waals surface area contributed by atoms with E-state index in [1.165, 1.54) is 12.1 Å². The molecule has 0 spiro atoms. The first-order valence-electron chi connectivity index (χ1n) is 4.43. The lowest BCUT2D eigenvalue weighted by Crippen LogP contribution is -2.14. The van der Waals surface area contributed by atoms with Crippen LogP contribution in [0.1, 0.15) is 5.56 Å². The van der Waals surface area contributed by atoms with Gasteiger partial charge in [0, 0.05) is 13.6 Å². The molecule has 3 nitrogen and oxygen atoms in total. The SMILES string of the molecule is CN(Cc1ccc(F)cc1)/C(Br)=C(/Br)N=N. The molecular formula is C10H10Br2FN3. The van der Waals surface area contributed by atoms with E-state index >= 15 is 0 Å². The molecule has 0 aliphatic rings. The normalized spacial score (nSPS) is 12.0. The first kappa shape index (κ1) is 13.3. The van der Waals surface area contributed by atoms with Crippen LogP contribution < -0.4 is 0 Å². The highest BCUT2D eigenvalue weighted by Gasteiger charge is 2.07. The number of halogens is 3. The van der Waals surface area contributed by atoms with Crippen LogP contribution in [-0.2, 0) is 6.54 Å². The third-order valence-electron chi connectivity index (χ3n) is 1.94. The standard InChI is InChI=1S/C10H10Br2FN3/c1-16(10(12)9(11)15-14)6-7-2-4-8(13)5-3-7/h2-5,14H,6H2,1H3/b10-9-,15-14?. The van der Waals surface area contributed by atoms with E-state index in [0.717, 1.165) is 5.56 Å². The van der Waals surface area contributed by atoms with Crippen LogP contribution in [0.3, 0.4) is 0 Å². The lowest BCUT2D eigenvalue weighted by atomic mass is 10.2. The van der Waals surface area contributed by atoms with Crippen molar-refractivity contribution < 1.29 is 4.39 Å². The fourth-order valence-electron chi connectivity index (χ4n) is 1.14. The van der Waals surface area contributed by atoms with Gasteiger partial charge in [-0.3, -0.25) is 0 Å². The molecule has 0 aromatic heterocycles. The molecule has 16 heavy (non-hydrogen) atoms. The summed E-state index contributed by atoms with van der Waals surface area (Å²) < 4.78 is 13.8. The summed E-state index contributed by atoms with van der Waals surface area (Å²) in [5.74, 6) is -0.247. The second kappa shape index (κ2) is 6.10. The minimum atomic E-state index is -0.247. The number of hydrogen-bond donors (Lipinski definition) is 1. The fourth-order valence-corrected chi connectivity index (χ4v) is 1.65. The van der Waals surface area contributed by atoms with Crippen molar-refractivity contribution in [1.29, 1.82) is 5.53 Å². The molecule has 1 aromatic carbocycles. The van der Waals surface area contributed by atoms with E-state index in [4.69, 9.17) is 5.53 Å². The average molecular weight is 351 g/mol. The molecule has 0 saturated heterocycles. The van der Waals surface area contributed by atoms with Crippen molar-refractivity contribution >= 4 is 31.9 Å². The van der Waals surface area contributed by atoms with Crippen molar-refractivity contribution in [2.24, 2.45) is 5.11 Å². The Morgan fingerprint density at radius 3 is 2.44 bits per heavy atom. The van der Waals surface area contributed by atoms with Crippen LogP contribution in [0.4, 0.5) is 4.39 Å². The van der Waals surface area contributed by atoms with E-state index in [1.54, 1.807) is 12.1 Å². The Kier molecular flexibility index (Phi) is 5.08. The van der Waals surface area contributed by atoms with Crippen molar-refractivity contribution in [2.45, 2.75) is 6.54 Å². The van der Waals surface area contributed by atoms with Gasteiger partial charge in [-0.15, -0.1) is 5.11 Å². The van der Waals surface area contributed by atoms with Crippen LogP contribution >= 0.6 is 31.9 Å². The van der Waals surface area contributed by atoms with Gasteiger partial charge < -0.3 is 4.90 Å². The quantitative estimate of drug-likeness (QED) is 0.641. The summed E-state index contributed by atoms with van der Waals surface area (Å²) in [5, 5.41) is 3.26. The molecule has 0 unspecified atom stereocenters. The maximum Gasteiger partial charge on any atom is 0.158 e. The summed E-state index contributed by atoms with van der Waals surface area (Å²) in [4.78, 5) is 1.86. The first-order valence-corrected chi connectivity index (χ1v) is 6.01. The van der Waals surface area contributed by atoms with Crippen LogP contribution in [0.5, 0.6) is 0 Å². The molecule has 1 rings (SSSR count). The second-order valence-corrected chi connectivity index (χ2v) is 4.68. The molecule has 6 heteroatoms. The number of hydrogen-bond acceptors (Lipinski definition) is 3. The highest BCUT2D eigenvalue weighted by molar-refractivity contribution is 9.14. The maximum atomic E-state index is 12.7. The largest absolute Gasteiger partial charge is 0.362 e. The summed E-state index contributed by atoms with van der Waals surface area (Å²) in [6, 6.07) is 6.28. The van der Waals surface area contributed by atoms with E-state index in [2.05, 4.69) is 37.0 Å². The van der Waals surface area contributed by atoms with Gasteiger partial charge in [0.2, 0.25) is 0 Å². The lowest BCUT2D eigenvalue weighted by molar-refractivity contribution is 0.440. The average Bonchev–Trinajstić information content (AvgIpc) is 2.30. The predicted molar refractivity (Wildman–Crippen MR) is 67.9 cm³/mol. The molecule has 0 amide bonds. The maximum absolute atomic E-state index is 12.7. The van der Waals surface area contributed by atoms with Crippen LogP contribution in [0, 0.1) is 11.3 Å². The fraction of sp³-hybridized carbons (Fsp3) is 0.200. The Bertz CT molecular complexity index is 403. The van der Waals surface area contributed by atoms with E-state index in [0.29, 0.717) is 15.8 Å². The smallest absolute Gasteiger partial charge is 0.158 e. The van der Waals surface area contributed by atoms with E-state index in [9.17, 15) is 4.39 Å². The van der Waals surface area contributed by atoms with Gasteiger partial charge >= 0.3 is 0 Å². The Morgan fingerprint density at radius 2 is 1.94 bits per heavy atom. The van der Waals surface area contributed by atoms with Crippen molar-refractivity contribution in [3.05, 3.63) is 44.9 Å². The highest BCUT2D eigenvalue weighted by Crippen LogP contribution is 2.23. The van der Waals surface area contributed by atoms with Crippen molar-refractivity contribution in [2.75, 3.05) is 7.05 Å². The third kappa shape index (κ3) is 3.68. The molecule has 0 fully saturated rings. The van der Waals surface area contributed by atoms with Gasteiger partial charge in [-0.1, -0.05) is 12.1 Å². The van der Waals surface area contributed by atoms with E-state index in [-0.39, 0.29) is 5.82 Å². The Hall–Kier alpha value is -0.750. The lowest BCUT2D eigenvalue weighted by Gasteiger charge is -2.18. The summed E-state index contributed by atoms with van der Waals surface area (Å²) in [6.07, 6.45) is 0. The molecule has 0 bridgehead atoms. The topological polar surface area (TPSA) is 39.5 Å². The minimum absolute atomic E-state index is 0.247. The molecule has 0 aliphatic heterocycles. The van der Waals surface area contributed by atoms with Gasteiger partial charge in [-0.05, 0) is 49.6 Å². The Morgan fingerprint density at radius 1 is 1.38 bits per heavy atom. The minimum Gasteiger partial charge on any atom is -0.362 e. The third-order valence-corrected chi connectivity index (χ3v) is 4.00. The van der Waals surface area contributed by atoms with Crippen molar-refractivity contribution in [3.63, 3.8) is 0 Å². The zero-order valence-electron chi connectivity index (χ0n) is 8.54. The van der Waals surface area contributed by atoms with Gasteiger partial charge in [-0.25, -0.2) is 9.92 Å². The Labute approximate surface area is 110 Å². The summed E-state index contributed by atoms with van der Waals surface area (Å²) >= 11 is 6.46.